The molecule has 0 spiro atoms. The predicted octanol–water partition coefficient (Wildman–Crippen LogP) is 1.21. The van der Waals surface area contributed by atoms with Gasteiger partial charge in [0.2, 0.25) is 0 Å². The number of carboxylic acid groups (broad SMARTS) is 1. The minimum Gasteiger partial charge on any atom is -0.476 e. The molecule has 15 heavy (non-hydrogen) atoms. The average molecular weight is 209 g/mol. The second-order valence-corrected chi connectivity index (χ2v) is 4.12. The molecule has 0 aliphatic heterocycles. The van der Waals surface area contributed by atoms with Crippen molar-refractivity contribution >= 4 is 11.7 Å². The van der Waals surface area contributed by atoms with Crippen LogP contribution < -0.4 is 5.73 Å². The first-order valence-electron chi connectivity index (χ1n) is 5.18. The van der Waals surface area contributed by atoms with Gasteiger partial charge in [-0.1, -0.05) is 13.3 Å². The topological polar surface area (TPSA) is 81.1 Å². The summed E-state index contributed by atoms with van der Waals surface area (Å²) in [5, 5.41) is 12.7. The number of nitrogen functional groups attached to an aromatic ring is 1. The van der Waals surface area contributed by atoms with Gasteiger partial charge in [-0.2, -0.15) is 5.10 Å². The second kappa shape index (κ2) is 3.56. The Morgan fingerprint density at radius 3 is 2.93 bits per heavy atom. The van der Waals surface area contributed by atoms with Gasteiger partial charge in [0, 0.05) is 12.7 Å². The van der Waals surface area contributed by atoms with Crippen LogP contribution in [-0.4, -0.2) is 20.9 Å². The minimum absolute atomic E-state index is 0.0382. The quantitative estimate of drug-likeness (QED) is 0.781. The molecule has 2 unspecified atom stereocenters. The maximum atomic E-state index is 10.7. The molecule has 1 aromatic heterocycles. The van der Waals surface area contributed by atoms with E-state index in [9.17, 15) is 4.79 Å². The molecule has 0 radical (unpaired) electrons. The van der Waals surface area contributed by atoms with Crippen molar-refractivity contribution in [2.24, 2.45) is 11.8 Å². The Morgan fingerprint density at radius 1 is 1.73 bits per heavy atom. The van der Waals surface area contributed by atoms with Gasteiger partial charge >= 0.3 is 5.97 Å². The number of aromatic nitrogens is 2. The summed E-state index contributed by atoms with van der Waals surface area (Å²) in [6.45, 7) is 2.96. The minimum atomic E-state index is -1.06. The SMILES string of the molecule is CCC1CC1Cn1cc(N)c(C(=O)O)n1. The van der Waals surface area contributed by atoms with Crippen LogP contribution in [0.2, 0.25) is 0 Å². The van der Waals surface area contributed by atoms with Crippen molar-refractivity contribution < 1.29 is 9.90 Å². The molecule has 0 aromatic carbocycles. The molecule has 1 saturated carbocycles. The third kappa shape index (κ3) is 1.95. The first-order chi connectivity index (χ1) is 7.11. The van der Waals surface area contributed by atoms with Crippen molar-refractivity contribution in [1.29, 1.82) is 0 Å². The summed E-state index contributed by atoms with van der Waals surface area (Å²) in [6.07, 6.45) is 4.01. The first kappa shape index (κ1) is 10.0. The summed E-state index contributed by atoms with van der Waals surface area (Å²) in [4.78, 5) is 10.7. The molecule has 3 N–H and O–H groups in total. The Bertz CT molecular complexity index is 386. The van der Waals surface area contributed by atoms with Gasteiger partial charge in [-0.05, 0) is 18.3 Å². The van der Waals surface area contributed by atoms with Crippen LogP contribution in [0.1, 0.15) is 30.3 Å². The molecule has 5 nitrogen and oxygen atoms in total. The monoisotopic (exact) mass is 209 g/mol. The van der Waals surface area contributed by atoms with Crippen LogP contribution in [0.4, 0.5) is 5.69 Å². The lowest BCUT2D eigenvalue weighted by atomic mass is 10.2. The van der Waals surface area contributed by atoms with Crippen molar-refractivity contribution in [3.05, 3.63) is 11.9 Å². The van der Waals surface area contributed by atoms with Gasteiger partial charge in [0.1, 0.15) is 0 Å². The van der Waals surface area contributed by atoms with Gasteiger partial charge in [-0.3, -0.25) is 4.68 Å². The van der Waals surface area contributed by atoms with Crippen LogP contribution in [0, 0.1) is 11.8 Å². The lowest BCUT2D eigenvalue weighted by molar-refractivity contribution is 0.0690. The highest BCUT2D eigenvalue weighted by Crippen LogP contribution is 2.42. The highest BCUT2D eigenvalue weighted by Gasteiger charge is 2.35. The van der Waals surface area contributed by atoms with Gasteiger partial charge in [0.05, 0.1) is 5.69 Å². The molecule has 5 heteroatoms. The second-order valence-electron chi connectivity index (χ2n) is 4.12. The molecule has 2 atom stereocenters. The lowest BCUT2D eigenvalue weighted by Gasteiger charge is -1.98. The maximum Gasteiger partial charge on any atom is 0.358 e. The molecule has 1 aliphatic rings. The van der Waals surface area contributed by atoms with Crippen molar-refractivity contribution in [3.8, 4) is 0 Å². The Balaban J connectivity index is 2.04. The summed E-state index contributed by atoms with van der Waals surface area (Å²) >= 11 is 0. The average Bonchev–Trinajstić information content (AvgIpc) is 2.81. The Labute approximate surface area is 87.9 Å². The van der Waals surface area contributed by atoms with Crippen LogP contribution >= 0.6 is 0 Å². The molecule has 1 aliphatic carbocycles. The number of nitrogens with two attached hydrogens (primary N) is 1. The van der Waals surface area contributed by atoms with Crippen LogP contribution in [0.5, 0.6) is 0 Å². The zero-order valence-electron chi connectivity index (χ0n) is 8.68. The number of rotatable bonds is 4. The highest BCUT2D eigenvalue weighted by atomic mass is 16.4. The highest BCUT2D eigenvalue weighted by molar-refractivity contribution is 5.91. The van der Waals surface area contributed by atoms with E-state index in [1.165, 1.54) is 12.8 Å². The van der Waals surface area contributed by atoms with Crippen LogP contribution in [-0.2, 0) is 6.54 Å². The fourth-order valence-corrected chi connectivity index (χ4v) is 1.97. The predicted molar refractivity (Wildman–Crippen MR) is 55.5 cm³/mol. The van der Waals surface area contributed by atoms with E-state index in [-0.39, 0.29) is 11.4 Å². The zero-order valence-corrected chi connectivity index (χ0v) is 8.68. The molecule has 1 aromatic rings. The standard InChI is InChI=1S/C10H15N3O2/c1-2-6-3-7(6)4-13-5-8(11)9(12-13)10(14)15/h5-7H,2-4,11H2,1H3,(H,14,15). The zero-order chi connectivity index (χ0) is 11.0. The normalized spacial score (nSPS) is 24.1. The molecule has 2 rings (SSSR count). The molecular formula is C10H15N3O2. The Kier molecular flexibility index (Phi) is 2.38. The Morgan fingerprint density at radius 2 is 2.47 bits per heavy atom. The fourth-order valence-electron chi connectivity index (χ4n) is 1.97. The molecule has 0 amide bonds. The summed E-state index contributed by atoms with van der Waals surface area (Å²) < 4.78 is 1.65. The fraction of sp³-hybridized carbons (Fsp3) is 0.600. The first-order valence-corrected chi connectivity index (χ1v) is 5.18. The van der Waals surface area contributed by atoms with Gasteiger partial charge in [0.15, 0.2) is 5.69 Å². The number of aromatic carboxylic acids is 1. The van der Waals surface area contributed by atoms with E-state index in [4.69, 9.17) is 10.8 Å². The molecule has 0 bridgehead atoms. The van der Waals surface area contributed by atoms with Gasteiger partial charge in [-0.25, -0.2) is 4.79 Å². The third-order valence-corrected chi connectivity index (χ3v) is 3.01. The smallest absolute Gasteiger partial charge is 0.358 e. The molecule has 1 fully saturated rings. The van der Waals surface area contributed by atoms with Crippen molar-refractivity contribution in [1.82, 2.24) is 9.78 Å². The number of anilines is 1. The number of carboxylic acids is 1. The van der Waals surface area contributed by atoms with E-state index in [0.29, 0.717) is 5.92 Å². The maximum absolute atomic E-state index is 10.7. The largest absolute Gasteiger partial charge is 0.476 e. The van der Waals surface area contributed by atoms with Gasteiger partial charge < -0.3 is 10.8 Å². The summed E-state index contributed by atoms with van der Waals surface area (Å²) in [6, 6.07) is 0. The van der Waals surface area contributed by atoms with E-state index in [0.717, 1.165) is 12.5 Å². The van der Waals surface area contributed by atoms with Crippen molar-refractivity contribution in [3.63, 3.8) is 0 Å². The van der Waals surface area contributed by atoms with E-state index >= 15 is 0 Å². The van der Waals surface area contributed by atoms with Gasteiger partial charge in [0.25, 0.3) is 0 Å². The van der Waals surface area contributed by atoms with Crippen LogP contribution in [0.25, 0.3) is 0 Å². The van der Waals surface area contributed by atoms with Crippen molar-refractivity contribution in [2.45, 2.75) is 26.3 Å². The molecular weight excluding hydrogens is 194 g/mol. The molecule has 1 heterocycles. The molecule has 82 valence electrons. The van der Waals surface area contributed by atoms with Crippen LogP contribution in [0.15, 0.2) is 6.20 Å². The van der Waals surface area contributed by atoms with E-state index in [2.05, 4.69) is 12.0 Å². The number of hydrogen-bond donors (Lipinski definition) is 2. The molecule has 0 saturated heterocycles. The number of carbonyl (C=O) groups is 1. The van der Waals surface area contributed by atoms with E-state index < -0.39 is 5.97 Å². The number of nitrogens with zero attached hydrogens (tertiary/aromatic N) is 2. The third-order valence-electron chi connectivity index (χ3n) is 3.01. The van der Waals surface area contributed by atoms with E-state index in [1.54, 1.807) is 10.9 Å². The van der Waals surface area contributed by atoms with Gasteiger partial charge in [-0.15, -0.1) is 0 Å². The van der Waals surface area contributed by atoms with Crippen LogP contribution in [0.3, 0.4) is 0 Å². The summed E-state index contributed by atoms with van der Waals surface area (Å²) in [5.74, 6) is 0.369. The van der Waals surface area contributed by atoms with E-state index in [1.807, 2.05) is 0 Å². The lowest BCUT2D eigenvalue weighted by Crippen LogP contribution is -2.05. The number of hydrogen-bond acceptors (Lipinski definition) is 3. The summed E-state index contributed by atoms with van der Waals surface area (Å²) in [7, 11) is 0. The summed E-state index contributed by atoms with van der Waals surface area (Å²) in [5.41, 5.74) is 5.75. The van der Waals surface area contributed by atoms with Crippen molar-refractivity contribution in [2.75, 3.05) is 5.73 Å². The Hall–Kier alpha value is -1.52.